The van der Waals surface area contributed by atoms with Gasteiger partial charge in [0.1, 0.15) is 5.75 Å². The quantitative estimate of drug-likeness (QED) is 0.822. The van der Waals surface area contributed by atoms with E-state index in [-0.39, 0.29) is 17.3 Å². The van der Waals surface area contributed by atoms with Gasteiger partial charge < -0.3 is 10.1 Å². The number of sulfonamides is 1. The van der Waals surface area contributed by atoms with E-state index in [1.807, 2.05) is 0 Å². The van der Waals surface area contributed by atoms with Crippen LogP contribution in [0.1, 0.15) is 12.8 Å². The van der Waals surface area contributed by atoms with Gasteiger partial charge in [-0.15, -0.1) is 0 Å². The molecule has 0 radical (unpaired) electrons. The van der Waals surface area contributed by atoms with Crippen molar-refractivity contribution in [3.05, 3.63) is 53.6 Å². The minimum Gasteiger partial charge on any atom is -0.495 e. The van der Waals surface area contributed by atoms with Crippen molar-refractivity contribution in [2.75, 3.05) is 25.5 Å². The van der Waals surface area contributed by atoms with Gasteiger partial charge in [-0.05, 0) is 43.2 Å². The number of carbonyl (C=O) groups is 1. The molecule has 0 aliphatic carbocycles. The molecule has 1 saturated heterocycles. The van der Waals surface area contributed by atoms with Gasteiger partial charge in [-0.1, -0.05) is 29.8 Å². The van der Waals surface area contributed by atoms with Crippen molar-refractivity contribution in [2.45, 2.75) is 17.7 Å². The first-order chi connectivity index (χ1) is 12.9. The maximum atomic E-state index is 12.8. The van der Waals surface area contributed by atoms with E-state index >= 15 is 0 Å². The second kappa shape index (κ2) is 8.29. The van der Waals surface area contributed by atoms with Crippen LogP contribution in [0.5, 0.6) is 5.75 Å². The second-order valence-electron chi connectivity index (χ2n) is 6.35. The van der Waals surface area contributed by atoms with E-state index < -0.39 is 15.9 Å². The first-order valence-corrected chi connectivity index (χ1v) is 10.4. The number of halogens is 1. The number of carbonyl (C=O) groups excluding carboxylic acids is 1. The number of benzene rings is 2. The maximum absolute atomic E-state index is 12.8. The molecule has 0 spiro atoms. The number of hydrogen-bond acceptors (Lipinski definition) is 4. The van der Waals surface area contributed by atoms with Crippen molar-refractivity contribution in [2.24, 2.45) is 5.92 Å². The average Bonchev–Trinajstić information content (AvgIpc) is 2.69. The molecular weight excluding hydrogens is 388 g/mol. The van der Waals surface area contributed by atoms with Crippen LogP contribution in [0.25, 0.3) is 0 Å². The van der Waals surface area contributed by atoms with Crippen LogP contribution in [0.3, 0.4) is 0 Å². The average molecular weight is 409 g/mol. The summed E-state index contributed by atoms with van der Waals surface area (Å²) in [6, 6.07) is 13.3. The minimum absolute atomic E-state index is 0.160. The number of methoxy groups -OCH3 is 1. The molecular formula is C19H21ClN2O4S. The lowest BCUT2D eigenvalue weighted by Gasteiger charge is -2.31. The summed E-state index contributed by atoms with van der Waals surface area (Å²) in [5, 5.41) is 3.21. The molecule has 1 aliphatic rings. The van der Waals surface area contributed by atoms with Crippen molar-refractivity contribution in [1.82, 2.24) is 4.31 Å². The van der Waals surface area contributed by atoms with E-state index in [0.717, 1.165) is 0 Å². The molecule has 1 N–H and O–H groups in total. The minimum atomic E-state index is -3.60. The predicted molar refractivity (Wildman–Crippen MR) is 105 cm³/mol. The van der Waals surface area contributed by atoms with Crippen molar-refractivity contribution in [3.8, 4) is 5.75 Å². The monoisotopic (exact) mass is 408 g/mol. The normalized spacial score (nSPS) is 18.1. The molecule has 0 aromatic heterocycles. The smallest absolute Gasteiger partial charge is 0.243 e. The van der Waals surface area contributed by atoms with Gasteiger partial charge >= 0.3 is 0 Å². The Labute approximate surface area is 164 Å². The number of nitrogens with one attached hydrogen (secondary N) is 1. The van der Waals surface area contributed by atoms with Gasteiger partial charge in [-0.3, -0.25) is 4.79 Å². The highest BCUT2D eigenvalue weighted by atomic mass is 35.5. The maximum Gasteiger partial charge on any atom is 0.243 e. The second-order valence-corrected chi connectivity index (χ2v) is 8.70. The summed E-state index contributed by atoms with van der Waals surface area (Å²) in [6.07, 6.45) is 1.27. The molecule has 6 nitrogen and oxygen atoms in total. The third kappa shape index (κ3) is 4.43. The summed E-state index contributed by atoms with van der Waals surface area (Å²) in [4.78, 5) is 12.9. The Hall–Kier alpha value is -2.09. The lowest BCUT2D eigenvalue weighted by atomic mass is 9.98. The van der Waals surface area contributed by atoms with E-state index in [1.165, 1.54) is 11.4 Å². The fourth-order valence-electron chi connectivity index (χ4n) is 3.10. The van der Waals surface area contributed by atoms with Crippen molar-refractivity contribution < 1.29 is 17.9 Å². The Morgan fingerprint density at radius 2 is 1.96 bits per heavy atom. The topological polar surface area (TPSA) is 75.7 Å². The highest BCUT2D eigenvalue weighted by Gasteiger charge is 2.33. The first-order valence-electron chi connectivity index (χ1n) is 8.61. The van der Waals surface area contributed by atoms with Crippen molar-refractivity contribution in [1.29, 1.82) is 0 Å². The number of amides is 1. The largest absolute Gasteiger partial charge is 0.495 e. The lowest BCUT2D eigenvalue weighted by molar-refractivity contribution is -0.120. The zero-order valence-electron chi connectivity index (χ0n) is 14.9. The van der Waals surface area contributed by atoms with Crippen molar-refractivity contribution >= 4 is 33.2 Å². The van der Waals surface area contributed by atoms with Gasteiger partial charge in [0.2, 0.25) is 15.9 Å². The van der Waals surface area contributed by atoms with Gasteiger partial charge in [-0.2, -0.15) is 4.31 Å². The molecule has 8 heteroatoms. The third-order valence-electron chi connectivity index (χ3n) is 4.56. The van der Waals surface area contributed by atoms with Crippen LogP contribution in [0.4, 0.5) is 5.69 Å². The Morgan fingerprint density at radius 1 is 1.22 bits per heavy atom. The standard InChI is InChI=1S/C19H21ClN2O4S/c1-26-18-10-9-15(12-17(18)20)21-19(23)14-6-5-11-22(13-14)27(24,25)16-7-3-2-4-8-16/h2-4,7-10,12,14H,5-6,11,13H2,1H3,(H,21,23)/t14-/m0/s1. The van der Waals surface area contributed by atoms with Crippen LogP contribution in [-0.2, 0) is 14.8 Å². The number of piperidine rings is 1. The van der Waals surface area contributed by atoms with Crippen molar-refractivity contribution in [3.63, 3.8) is 0 Å². The number of anilines is 1. The molecule has 1 atom stereocenters. The summed E-state index contributed by atoms with van der Waals surface area (Å²) < 4.78 is 32.1. The summed E-state index contributed by atoms with van der Waals surface area (Å²) >= 11 is 6.09. The van der Waals surface area contributed by atoms with Crippen LogP contribution in [0.2, 0.25) is 5.02 Å². The van der Waals surface area contributed by atoms with E-state index in [0.29, 0.717) is 35.8 Å². The van der Waals surface area contributed by atoms with Crippen LogP contribution in [0, 0.1) is 5.92 Å². The Morgan fingerprint density at radius 3 is 2.63 bits per heavy atom. The number of rotatable bonds is 5. The van der Waals surface area contributed by atoms with E-state index in [4.69, 9.17) is 16.3 Å². The van der Waals surface area contributed by atoms with Gasteiger partial charge in [0.05, 0.1) is 22.9 Å². The molecule has 0 bridgehead atoms. The van der Waals surface area contributed by atoms with E-state index in [1.54, 1.807) is 48.5 Å². The fourth-order valence-corrected chi connectivity index (χ4v) is 4.91. The fraction of sp³-hybridized carbons (Fsp3) is 0.316. The van der Waals surface area contributed by atoms with Crippen LogP contribution in [-0.4, -0.2) is 38.8 Å². The molecule has 0 saturated carbocycles. The lowest BCUT2D eigenvalue weighted by Crippen LogP contribution is -2.43. The molecule has 3 rings (SSSR count). The highest BCUT2D eigenvalue weighted by molar-refractivity contribution is 7.89. The zero-order chi connectivity index (χ0) is 19.4. The van der Waals surface area contributed by atoms with Gasteiger partial charge in [-0.25, -0.2) is 8.42 Å². The number of ether oxygens (including phenoxy) is 1. The molecule has 1 aliphatic heterocycles. The highest BCUT2D eigenvalue weighted by Crippen LogP contribution is 2.29. The first kappa shape index (κ1) is 19.7. The SMILES string of the molecule is COc1ccc(NC(=O)[C@H]2CCCN(S(=O)(=O)c3ccccc3)C2)cc1Cl. The van der Waals surface area contributed by atoms with Gasteiger partial charge in [0.15, 0.2) is 0 Å². The van der Waals surface area contributed by atoms with Crippen LogP contribution < -0.4 is 10.1 Å². The van der Waals surface area contributed by atoms with E-state index in [2.05, 4.69) is 5.32 Å². The third-order valence-corrected chi connectivity index (χ3v) is 6.73. The van der Waals surface area contributed by atoms with Crippen LogP contribution in [0.15, 0.2) is 53.4 Å². The summed E-state index contributed by atoms with van der Waals surface area (Å²) in [6.45, 7) is 0.572. The number of hydrogen-bond donors (Lipinski definition) is 1. The number of nitrogens with zero attached hydrogens (tertiary/aromatic N) is 1. The van der Waals surface area contributed by atoms with E-state index in [9.17, 15) is 13.2 Å². The molecule has 0 unspecified atom stereocenters. The summed E-state index contributed by atoms with van der Waals surface area (Å²) in [5.41, 5.74) is 0.550. The Kier molecular flexibility index (Phi) is 6.04. The molecule has 2 aromatic rings. The molecule has 2 aromatic carbocycles. The Balaban J connectivity index is 1.70. The molecule has 1 amide bonds. The van der Waals surface area contributed by atoms with Gasteiger partial charge in [0.25, 0.3) is 0 Å². The molecule has 1 heterocycles. The summed E-state index contributed by atoms with van der Waals surface area (Å²) in [5.74, 6) is -0.116. The van der Waals surface area contributed by atoms with Gasteiger partial charge in [0, 0.05) is 18.8 Å². The predicted octanol–water partition coefficient (Wildman–Crippen LogP) is 3.39. The molecule has 1 fully saturated rings. The summed E-state index contributed by atoms with van der Waals surface area (Å²) in [7, 11) is -2.08. The van der Waals surface area contributed by atoms with Crippen LogP contribution >= 0.6 is 11.6 Å². The zero-order valence-corrected chi connectivity index (χ0v) is 16.5. The molecule has 27 heavy (non-hydrogen) atoms. The molecule has 144 valence electrons. The Bertz CT molecular complexity index is 919.